The third-order valence-electron chi connectivity index (χ3n) is 3.45. The SMILES string of the molecule is N#CCCN(CCC#N)C(=O)[C@@H]1CCC[C@@H]1C(=O)O. The van der Waals surface area contributed by atoms with Crippen molar-refractivity contribution in [2.45, 2.75) is 32.1 Å². The van der Waals surface area contributed by atoms with Crippen molar-refractivity contribution in [2.75, 3.05) is 13.1 Å². The molecule has 1 aliphatic rings. The van der Waals surface area contributed by atoms with Crippen LogP contribution in [-0.2, 0) is 9.59 Å². The van der Waals surface area contributed by atoms with Crippen molar-refractivity contribution in [2.24, 2.45) is 11.8 Å². The van der Waals surface area contributed by atoms with Gasteiger partial charge in [-0.05, 0) is 12.8 Å². The molecule has 0 saturated heterocycles. The Kier molecular flexibility index (Phi) is 5.81. The molecular weight excluding hydrogens is 246 g/mol. The predicted molar refractivity (Wildman–Crippen MR) is 65.5 cm³/mol. The number of carboxylic acids is 1. The lowest BCUT2D eigenvalue weighted by molar-refractivity contribution is -0.149. The number of carboxylic acid groups (broad SMARTS) is 1. The largest absolute Gasteiger partial charge is 0.481 e. The summed E-state index contributed by atoms with van der Waals surface area (Å²) in [5, 5.41) is 26.3. The van der Waals surface area contributed by atoms with Crippen molar-refractivity contribution in [1.82, 2.24) is 4.90 Å². The highest BCUT2D eigenvalue weighted by molar-refractivity contribution is 5.85. The number of amides is 1. The Hall–Kier alpha value is -2.08. The summed E-state index contributed by atoms with van der Waals surface area (Å²) in [7, 11) is 0. The third kappa shape index (κ3) is 3.96. The molecule has 1 rings (SSSR count). The van der Waals surface area contributed by atoms with Gasteiger partial charge >= 0.3 is 5.97 Å². The van der Waals surface area contributed by atoms with Gasteiger partial charge in [0.05, 0.1) is 36.8 Å². The first kappa shape index (κ1) is 15.0. The van der Waals surface area contributed by atoms with Crippen LogP contribution in [0.3, 0.4) is 0 Å². The highest BCUT2D eigenvalue weighted by Gasteiger charge is 2.39. The fourth-order valence-corrected chi connectivity index (χ4v) is 2.49. The number of nitrogens with zero attached hydrogens (tertiary/aromatic N) is 3. The molecule has 1 saturated carbocycles. The highest BCUT2D eigenvalue weighted by Crippen LogP contribution is 2.33. The Labute approximate surface area is 112 Å². The van der Waals surface area contributed by atoms with E-state index in [0.29, 0.717) is 12.8 Å². The van der Waals surface area contributed by atoms with E-state index in [1.807, 2.05) is 12.1 Å². The molecule has 0 unspecified atom stereocenters. The number of hydrogen-bond acceptors (Lipinski definition) is 4. The second-order valence-corrected chi connectivity index (χ2v) is 4.62. The molecule has 0 aromatic carbocycles. The molecule has 1 fully saturated rings. The van der Waals surface area contributed by atoms with Gasteiger partial charge in [-0.15, -0.1) is 0 Å². The molecule has 19 heavy (non-hydrogen) atoms. The van der Waals surface area contributed by atoms with Gasteiger partial charge in [0.15, 0.2) is 0 Å². The van der Waals surface area contributed by atoms with Gasteiger partial charge < -0.3 is 10.0 Å². The van der Waals surface area contributed by atoms with Crippen molar-refractivity contribution in [3.63, 3.8) is 0 Å². The predicted octanol–water partition coefficient (Wildman–Crippen LogP) is 1.14. The van der Waals surface area contributed by atoms with E-state index < -0.39 is 17.8 Å². The van der Waals surface area contributed by atoms with E-state index in [9.17, 15) is 9.59 Å². The first-order chi connectivity index (χ1) is 9.11. The third-order valence-corrected chi connectivity index (χ3v) is 3.45. The number of carbonyl (C=O) groups is 2. The molecule has 1 aliphatic carbocycles. The van der Waals surface area contributed by atoms with Crippen LogP contribution in [-0.4, -0.2) is 35.0 Å². The molecule has 0 aromatic heterocycles. The van der Waals surface area contributed by atoms with Crippen LogP contribution in [0.4, 0.5) is 0 Å². The number of nitriles is 2. The molecule has 102 valence electrons. The average Bonchev–Trinajstić information content (AvgIpc) is 2.87. The van der Waals surface area contributed by atoms with Gasteiger partial charge in [-0.25, -0.2) is 0 Å². The highest BCUT2D eigenvalue weighted by atomic mass is 16.4. The molecular formula is C13H17N3O3. The number of aliphatic carboxylic acids is 1. The second kappa shape index (κ2) is 7.38. The molecule has 0 aromatic rings. The molecule has 1 amide bonds. The summed E-state index contributed by atoms with van der Waals surface area (Å²) in [4.78, 5) is 24.9. The summed E-state index contributed by atoms with van der Waals surface area (Å²) in [5.74, 6) is -2.29. The van der Waals surface area contributed by atoms with Crippen LogP contribution in [0.2, 0.25) is 0 Å². The van der Waals surface area contributed by atoms with Crippen LogP contribution in [0.15, 0.2) is 0 Å². The van der Waals surface area contributed by atoms with E-state index in [4.69, 9.17) is 15.6 Å². The molecule has 0 aliphatic heterocycles. The maximum absolute atomic E-state index is 12.3. The monoisotopic (exact) mass is 263 g/mol. The van der Waals surface area contributed by atoms with Gasteiger partial charge in [0, 0.05) is 13.1 Å². The van der Waals surface area contributed by atoms with Gasteiger partial charge in [0.1, 0.15) is 0 Å². The van der Waals surface area contributed by atoms with Crippen LogP contribution in [0.5, 0.6) is 0 Å². The van der Waals surface area contributed by atoms with E-state index in [2.05, 4.69) is 0 Å². The van der Waals surface area contributed by atoms with Crippen LogP contribution in [0, 0.1) is 34.5 Å². The zero-order valence-corrected chi connectivity index (χ0v) is 10.7. The number of carbonyl (C=O) groups excluding carboxylic acids is 1. The minimum Gasteiger partial charge on any atom is -0.481 e. The van der Waals surface area contributed by atoms with Crippen molar-refractivity contribution >= 4 is 11.9 Å². The summed E-state index contributed by atoms with van der Waals surface area (Å²) < 4.78 is 0. The molecule has 6 nitrogen and oxygen atoms in total. The Morgan fingerprint density at radius 2 is 1.63 bits per heavy atom. The van der Waals surface area contributed by atoms with Crippen molar-refractivity contribution in [1.29, 1.82) is 10.5 Å². The summed E-state index contributed by atoms with van der Waals surface area (Å²) in [6.07, 6.45) is 2.22. The molecule has 0 radical (unpaired) electrons. The van der Waals surface area contributed by atoms with Crippen LogP contribution >= 0.6 is 0 Å². The normalized spacial score (nSPS) is 21.4. The lowest BCUT2D eigenvalue weighted by atomic mass is 9.94. The van der Waals surface area contributed by atoms with Crippen molar-refractivity contribution in [3.8, 4) is 12.1 Å². The zero-order chi connectivity index (χ0) is 14.3. The van der Waals surface area contributed by atoms with E-state index in [0.717, 1.165) is 6.42 Å². The smallest absolute Gasteiger partial charge is 0.307 e. The Morgan fingerprint density at radius 1 is 1.11 bits per heavy atom. The molecule has 0 bridgehead atoms. The minimum atomic E-state index is -0.934. The minimum absolute atomic E-state index is 0.196. The summed E-state index contributed by atoms with van der Waals surface area (Å²) >= 11 is 0. The molecule has 0 heterocycles. The number of rotatable bonds is 6. The molecule has 1 N–H and O–H groups in total. The standard InChI is InChI=1S/C13H17N3O3/c14-6-2-8-16(9-3-7-15)12(17)10-4-1-5-11(10)13(18)19/h10-11H,1-5,8-9H2,(H,18,19)/t10-,11+/m1/s1. The topological polar surface area (TPSA) is 105 Å². The second-order valence-electron chi connectivity index (χ2n) is 4.62. The fourth-order valence-electron chi connectivity index (χ4n) is 2.49. The maximum Gasteiger partial charge on any atom is 0.307 e. The quantitative estimate of drug-likeness (QED) is 0.773. The zero-order valence-electron chi connectivity index (χ0n) is 10.7. The molecule has 6 heteroatoms. The Balaban J connectivity index is 2.72. The lowest BCUT2D eigenvalue weighted by Crippen LogP contribution is -2.40. The molecule has 2 atom stereocenters. The number of hydrogen-bond donors (Lipinski definition) is 1. The van der Waals surface area contributed by atoms with E-state index >= 15 is 0 Å². The van der Waals surface area contributed by atoms with Gasteiger partial charge in [-0.2, -0.15) is 10.5 Å². The first-order valence-corrected chi connectivity index (χ1v) is 6.37. The van der Waals surface area contributed by atoms with Gasteiger partial charge in [0.25, 0.3) is 0 Å². The van der Waals surface area contributed by atoms with Crippen LogP contribution in [0.25, 0.3) is 0 Å². The lowest BCUT2D eigenvalue weighted by Gasteiger charge is -2.25. The first-order valence-electron chi connectivity index (χ1n) is 6.37. The van der Waals surface area contributed by atoms with E-state index in [-0.39, 0.29) is 31.8 Å². The van der Waals surface area contributed by atoms with Crippen LogP contribution in [0.1, 0.15) is 32.1 Å². The molecule has 0 spiro atoms. The summed E-state index contributed by atoms with van der Waals surface area (Å²) in [6, 6.07) is 3.92. The summed E-state index contributed by atoms with van der Waals surface area (Å²) in [5.41, 5.74) is 0. The van der Waals surface area contributed by atoms with Crippen LogP contribution < -0.4 is 0 Å². The van der Waals surface area contributed by atoms with Gasteiger partial charge in [0.2, 0.25) is 5.91 Å². The van der Waals surface area contributed by atoms with Gasteiger partial charge in [-0.3, -0.25) is 9.59 Å². The summed E-state index contributed by atoms with van der Waals surface area (Å²) in [6.45, 7) is 0.527. The van der Waals surface area contributed by atoms with Crippen molar-refractivity contribution in [3.05, 3.63) is 0 Å². The van der Waals surface area contributed by atoms with E-state index in [1.165, 1.54) is 4.90 Å². The average molecular weight is 263 g/mol. The Bertz CT molecular complexity index is 404. The van der Waals surface area contributed by atoms with E-state index in [1.54, 1.807) is 0 Å². The van der Waals surface area contributed by atoms with Gasteiger partial charge in [-0.1, -0.05) is 6.42 Å². The Morgan fingerprint density at radius 3 is 2.11 bits per heavy atom. The fraction of sp³-hybridized carbons (Fsp3) is 0.692. The maximum atomic E-state index is 12.3. The van der Waals surface area contributed by atoms with Crippen molar-refractivity contribution < 1.29 is 14.7 Å².